The third-order valence-corrected chi connectivity index (χ3v) is 3.58. The molecule has 1 unspecified atom stereocenters. The summed E-state index contributed by atoms with van der Waals surface area (Å²) in [5.74, 6) is 0.0775. The average molecular weight is 323 g/mol. The van der Waals surface area contributed by atoms with Gasteiger partial charge < -0.3 is 11.1 Å². The summed E-state index contributed by atoms with van der Waals surface area (Å²) in [6.45, 7) is 0.276. The molecular weight excluding hydrogens is 306 g/mol. The van der Waals surface area contributed by atoms with Crippen molar-refractivity contribution in [2.24, 2.45) is 7.05 Å². The topological polar surface area (TPSA) is 112 Å². The van der Waals surface area contributed by atoms with E-state index in [9.17, 15) is 4.79 Å². The molecule has 0 aliphatic heterocycles. The lowest BCUT2D eigenvalue weighted by atomic mass is 9.97. The molecule has 8 nitrogen and oxygen atoms in total. The summed E-state index contributed by atoms with van der Waals surface area (Å²) in [6, 6.07) is 14.7. The van der Waals surface area contributed by atoms with Crippen LogP contribution in [-0.4, -0.2) is 31.1 Å². The molecule has 1 amide bonds. The van der Waals surface area contributed by atoms with E-state index in [1.807, 2.05) is 30.3 Å². The summed E-state index contributed by atoms with van der Waals surface area (Å²) in [6.07, 6.45) is 0. The number of hydrogen-bond donors (Lipinski definition) is 2. The number of nitrogens with one attached hydrogen (secondary N) is 1. The Morgan fingerprint density at radius 2 is 2.00 bits per heavy atom. The molecule has 0 saturated carbocycles. The van der Waals surface area contributed by atoms with Crippen LogP contribution < -0.4 is 11.1 Å². The summed E-state index contributed by atoms with van der Waals surface area (Å²) in [5.41, 5.74) is 7.16. The molecule has 0 bridgehead atoms. The number of aryl methyl sites for hydroxylation is 1. The van der Waals surface area contributed by atoms with Gasteiger partial charge in [0.2, 0.25) is 5.91 Å². The van der Waals surface area contributed by atoms with Crippen molar-refractivity contribution in [2.45, 2.75) is 12.5 Å². The molecule has 8 heteroatoms. The fourth-order valence-electron chi connectivity index (χ4n) is 2.42. The maximum Gasteiger partial charge on any atom is 0.235 e. The highest BCUT2D eigenvalue weighted by molar-refractivity contribution is 5.86. The van der Waals surface area contributed by atoms with Crippen LogP contribution in [-0.2, 0) is 18.4 Å². The van der Waals surface area contributed by atoms with E-state index in [1.54, 1.807) is 25.2 Å². The number of pyridine rings is 1. The van der Waals surface area contributed by atoms with E-state index in [4.69, 9.17) is 5.73 Å². The first kappa shape index (κ1) is 15.6. The first-order valence-electron chi connectivity index (χ1n) is 7.41. The Bertz CT molecular complexity index is 831. The van der Waals surface area contributed by atoms with Gasteiger partial charge in [0.25, 0.3) is 0 Å². The second-order valence-electron chi connectivity index (χ2n) is 5.28. The number of hydrogen-bond acceptors (Lipinski definition) is 6. The first-order valence-corrected chi connectivity index (χ1v) is 7.41. The van der Waals surface area contributed by atoms with Crippen molar-refractivity contribution in [1.29, 1.82) is 0 Å². The molecular formula is C16H17N7O. The number of anilines is 1. The molecule has 122 valence electrons. The number of carbonyl (C=O) groups is 1. The molecule has 0 aliphatic carbocycles. The molecule has 0 aliphatic rings. The van der Waals surface area contributed by atoms with E-state index in [-0.39, 0.29) is 12.5 Å². The second-order valence-corrected chi connectivity index (χ2v) is 5.28. The van der Waals surface area contributed by atoms with Crippen molar-refractivity contribution >= 4 is 11.7 Å². The van der Waals surface area contributed by atoms with Crippen LogP contribution in [0.25, 0.3) is 0 Å². The number of nitrogens with two attached hydrogens (primary N) is 1. The summed E-state index contributed by atoms with van der Waals surface area (Å²) in [5, 5.41) is 14.3. The number of carbonyl (C=O) groups excluding carboxylic acids is 1. The highest BCUT2D eigenvalue weighted by atomic mass is 16.1. The summed E-state index contributed by atoms with van der Waals surface area (Å²) >= 11 is 0. The number of nitrogen functional groups attached to an aromatic ring is 1. The number of amides is 1. The van der Waals surface area contributed by atoms with Crippen molar-refractivity contribution < 1.29 is 4.79 Å². The fraction of sp³-hybridized carbons (Fsp3) is 0.188. The minimum atomic E-state index is -0.604. The van der Waals surface area contributed by atoms with Gasteiger partial charge in [-0.1, -0.05) is 36.4 Å². The summed E-state index contributed by atoms with van der Waals surface area (Å²) in [7, 11) is 1.71. The normalized spacial score (nSPS) is 11.9. The zero-order valence-corrected chi connectivity index (χ0v) is 13.1. The lowest BCUT2D eigenvalue weighted by Crippen LogP contribution is -2.31. The van der Waals surface area contributed by atoms with Crippen LogP contribution in [0, 0.1) is 0 Å². The molecule has 3 rings (SSSR count). The quantitative estimate of drug-likeness (QED) is 0.712. The van der Waals surface area contributed by atoms with Gasteiger partial charge >= 0.3 is 0 Å². The van der Waals surface area contributed by atoms with Crippen molar-refractivity contribution in [3.63, 3.8) is 0 Å². The average Bonchev–Trinajstić information content (AvgIpc) is 3.00. The van der Waals surface area contributed by atoms with Crippen molar-refractivity contribution in [1.82, 2.24) is 30.5 Å². The predicted octanol–water partition coefficient (Wildman–Crippen LogP) is 0.636. The molecule has 3 aromatic rings. The standard InChI is InChI=1S/C16H17N7O/c1-23-15(20-21-22-23)14(11-6-3-2-4-7-11)16(24)18-10-12-8-5-9-13(17)19-12/h2-9,14H,10H2,1H3,(H2,17,19)(H,18,24). The van der Waals surface area contributed by atoms with Crippen molar-refractivity contribution in [2.75, 3.05) is 5.73 Å². The van der Waals surface area contributed by atoms with Gasteiger partial charge in [-0.25, -0.2) is 9.67 Å². The monoisotopic (exact) mass is 323 g/mol. The van der Waals surface area contributed by atoms with Crippen LogP contribution in [0.5, 0.6) is 0 Å². The largest absolute Gasteiger partial charge is 0.384 e. The fourth-order valence-corrected chi connectivity index (χ4v) is 2.42. The number of nitrogens with zero attached hydrogens (tertiary/aromatic N) is 5. The third kappa shape index (κ3) is 3.37. The Labute approximate surface area is 138 Å². The molecule has 0 fully saturated rings. The van der Waals surface area contributed by atoms with E-state index in [2.05, 4.69) is 25.8 Å². The zero-order valence-electron chi connectivity index (χ0n) is 13.1. The van der Waals surface area contributed by atoms with E-state index in [0.717, 1.165) is 5.56 Å². The molecule has 1 atom stereocenters. The van der Waals surface area contributed by atoms with Gasteiger partial charge in [0.05, 0.1) is 12.2 Å². The number of tetrazole rings is 1. The zero-order chi connectivity index (χ0) is 16.9. The first-order chi connectivity index (χ1) is 11.6. The molecule has 0 saturated heterocycles. The number of benzene rings is 1. The minimum Gasteiger partial charge on any atom is -0.384 e. The van der Waals surface area contributed by atoms with Gasteiger partial charge in [0.15, 0.2) is 5.82 Å². The van der Waals surface area contributed by atoms with Crippen molar-refractivity contribution in [3.8, 4) is 0 Å². The number of rotatable bonds is 5. The highest BCUT2D eigenvalue weighted by Crippen LogP contribution is 2.22. The van der Waals surface area contributed by atoms with E-state index >= 15 is 0 Å². The Morgan fingerprint density at radius 1 is 1.21 bits per heavy atom. The van der Waals surface area contributed by atoms with E-state index in [1.165, 1.54) is 4.68 Å². The summed E-state index contributed by atoms with van der Waals surface area (Å²) < 4.78 is 1.50. The Balaban J connectivity index is 1.83. The SMILES string of the molecule is Cn1nnnc1C(C(=O)NCc1cccc(N)n1)c1ccccc1. The minimum absolute atomic E-state index is 0.205. The third-order valence-electron chi connectivity index (χ3n) is 3.58. The predicted molar refractivity (Wildman–Crippen MR) is 87.6 cm³/mol. The van der Waals surface area contributed by atoms with E-state index in [0.29, 0.717) is 17.3 Å². The molecule has 2 heterocycles. The van der Waals surface area contributed by atoms with Gasteiger partial charge in [-0.05, 0) is 28.1 Å². The van der Waals surface area contributed by atoms with Crippen LogP contribution in [0.4, 0.5) is 5.82 Å². The lowest BCUT2D eigenvalue weighted by molar-refractivity contribution is -0.122. The Hall–Kier alpha value is -3.29. The molecule has 0 spiro atoms. The molecule has 24 heavy (non-hydrogen) atoms. The van der Waals surface area contributed by atoms with Gasteiger partial charge in [-0.3, -0.25) is 4.79 Å². The smallest absolute Gasteiger partial charge is 0.235 e. The Kier molecular flexibility index (Phi) is 4.46. The van der Waals surface area contributed by atoms with Crippen molar-refractivity contribution in [3.05, 3.63) is 65.6 Å². The Morgan fingerprint density at radius 3 is 2.67 bits per heavy atom. The summed E-state index contributed by atoms with van der Waals surface area (Å²) in [4.78, 5) is 16.9. The van der Waals surface area contributed by atoms with Crippen LogP contribution in [0.15, 0.2) is 48.5 Å². The maximum absolute atomic E-state index is 12.8. The van der Waals surface area contributed by atoms with Crippen LogP contribution in [0.1, 0.15) is 23.0 Å². The lowest BCUT2D eigenvalue weighted by Gasteiger charge is -2.15. The van der Waals surface area contributed by atoms with E-state index < -0.39 is 5.92 Å². The van der Waals surface area contributed by atoms with Gasteiger partial charge in [0.1, 0.15) is 11.7 Å². The van der Waals surface area contributed by atoms with Crippen LogP contribution >= 0.6 is 0 Å². The van der Waals surface area contributed by atoms with Crippen LogP contribution in [0.2, 0.25) is 0 Å². The van der Waals surface area contributed by atoms with Gasteiger partial charge in [0, 0.05) is 7.05 Å². The molecule has 0 radical (unpaired) electrons. The van der Waals surface area contributed by atoms with Gasteiger partial charge in [-0.15, -0.1) is 5.10 Å². The number of aromatic nitrogens is 5. The van der Waals surface area contributed by atoms with Gasteiger partial charge in [-0.2, -0.15) is 0 Å². The second kappa shape index (κ2) is 6.86. The maximum atomic E-state index is 12.8. The molecule has 3 N–H and O–H groups in total. The molecule has 1 aromatic carbocycles. The van der Waals surface area contributed by atoms with Crippen LogP contribution in [0.3, 0.4) is 0 Å². The molecule has 2 aromatic heterocycles. The highest BCUT2D eigenvalue weighted by Gasteiger charge is 2.27.